The first-order chi connectivity index (χ1) is 9.70. The predicted octanol–water partition coefficient (Wildman–Crippen LogP) is 0.667. The minimum absolute atomic E-state index is 0.00498. The number of hydrogen-bond acceptors (Lipinski definition) is 5. The number of rotatable bonds is 3. The lowest BCUT2D eigenvalue weighted by molar-refractivity contribution is -0.146. The van der Waals surface area contributed by atoms with E-state index in [-0.39, 0.29) is 23.9 Å². The van der Waals surface area contributed by atoms with Crippen molar-refractivity contribution in [3.8, 4) is 0 Å². The predicted molar refractivity (Wildman–Crippen MR) is 67.7 cm³/mol. The number of fused-ring (bicyclic) bond motifs is 1. The molecule has 21 heavy (non-hydrogen) atoms. The van der Waals surface area contributed by atoms with Crippen LogP contribution in [0.3, 0.4) is 0 Å². The maximum absolute atomic E-state index is 12.8. The molecule has 2 aromatic heterocycles. The molecule has 7 nitrogen and oxygen atoms in total. The molecule has 0 aliphatic heterocycles. The monoisotopic (exact) mass is 302 g/mol. The maximum atomic E-state index is 12.8. The zero-order valence-corrected chi connectivity index (χ0v) is 11.6. The van der Waals surface area contributed by atoms with Crippen molar-refractivity contribution in [1.82, 2.24) is 24.7 Å². The number of anilines is 1. The lowest BCUT2D eigenvalue weighted by Gasteiger charge is -2.19. The molecule has 0 fully saturated rings. The Bertz CT molecular complexity index is 666. The van der Waals surface area contributed by atoms with Crippen molar-refractivity contribution in [2.24, 2.45) is 0 Å². The summed E-state index contributed by atoms with van der Waals surface area (Å²) in [4.78, 5) is 14.4. The van der Waals surface area contributed by atoms with Gasteiger partial charge in [-0.2, -0.15) is 17.7 Å². The molecule has 0 bridgehead atoms. The van der Waals surface area contributed by atoms with Gasteiger partial charge >= 0.3 is 6.18 Å². The first-order valence-corrected chi connectivity index (χ1v) is 5.91. The average Bonchev–Trinajstić information content (AvgIpc) is 2.80. The van der Waals surface area contributed by atoms with E-state index < -0.39 is 12.0 Å². The maximum Gasteiger partial charge on any atom is 0.453 e. The molecular weight excluding hydrogens is 289 g/mol. The first-order valence-electron chi connectivity index (χ1n) is 5.91. The highest BCUT2D eigenvalue weighted by Crippen LogP contribution is 2.27. The number of hydrogen-bond donors (Lipinski definition) is 0. The highest BCUT2D eigenvalue weighted by Gasteiger charge is 2.37. The van der Waals surface area contributed by atoms with E-state index in [0.717, 1.165) is 0 Å². The summed E-state index contributed by atoms with van der Waals surface area (Å²) in [5, 5.41) is 10.3. The molecule has 2 rings (SSSR count). The van der Waals surface area contributed by atoms with Crippen LogP contribution in [0.1, 0.15) is 5.82 Å². The molecule has 1 amide bonds. The molecule has 0 unspecified atom stereocenters. The van der Waals surface area contributed by atoms with E-state index in [4.69, 9.17) is 0 Å². The van der Waals surface area contributed by atoms with Gasteiger partial charge in [0.15, 0.2) is 5.65 Å². The van der Waals surface area contributed by atoms with Crippen LogP contribution in [0.25, 0.3) is 5.65 Å². The number of halogens is 3. The summed E-state index contributed by atoms with van der Waals surface area (Å²) >= 11 is 0. The zero-order chi connectivity index (χ0) is 15.8. The Morgan fingerprint density at radius 3 is 2.48 bits per heavy atom. The highest BCUT2D eigenvalue weighted by atomic mass is 19.4. The van der Waals surface area contributed by atoms with Crippen LogP contribution in [0, 0.1) is 0 Å². The van der Waals surface area contributed by atoms with Crippen molar-refractivity contribution in [2.75, 3.05) is 32.6 Å². The summed E-state index contributed by atoms with van der Waals surface area (Å²) in [6.07, 6.45) is -4.65. The van der Waals surface area contributed by atoms with Gasteiger partial charge in [0.25, 0.3) is 5.82 Å². The Hall–Kier alpha value is -2.39. The molecule has 0 atom stereocenters. The summed E-state index contributed by atoms with van der Waals surface area (Å²) in [7, 11) is 4.75. The summed E-state index contributed by atoms with van der Waals surface area (Å²) in [5.41, 5.74) is -0.0154. The molecule has 0 N–H and O–H groups in total. The molecule has 2 aromatic rings. The largest absolute Gasteiger partial charge is 0.453 e. The van der Waals surface area contributed by atoms with E-state index in [1.807, 2.05) is 0 Å². The van der Waals surface area contributed by atoms with Crippen LogP contribution >= 0.6 is 0 Å². The third-order valence-electron chi connectivity index (χ3n) is 2.76. The van der Waals surface area contributed by atoms with Crippen molar-refractivity contribution >= 4 is 17.4 Å². The molecule has 0 aliphatic carbocycles. The number of aromatic nitrogens is 4. The van der Waals surface area contributed by atoms with Crippen molar-refractivity contribution < 1.29 is 18.0 Å². The lowest BCUT2D eigenvalue weighted by atomic mass is 10.4. The fourth-order valence-corrected chi connectivity index (χ4v) is 1.58. The molecule has 2 heterocycles. The highest BCUT2D eigenvalue weighted by molar-refractivity contribution is 5.80. The van der Waals surface area contributed by atoms with Crippen LogP contribution in [0.4, 0.5) is 19.0 Å². The smallest absolute Gasteiger partial charge is 0.349 e. The van der Waals surface area contributed by atoms with Gasteiger partial charge in [-0.15, -0.1) is 15.3 Å². The molecule has 114 valence electrons. The Labute approximate surface area is 118 Å². The normalized spacial score (nSPS) is 11.7. The van der Waals surface area contributed by atoms with E-state index >= 15 is 0 Å². The fourth-order valence-electron chi connectivity index (χ4n) is 1.58. The third-order valence-corrected chi connectivity index (χ3v) is 2.76. The van der Waals surface area contributed by atoms with Crippen LogP contribution in [-0.2, 0) is 11.0 Å². The number of carbonyl (C=O) groups excluding carboxylic acids is 1. The van der Waals surface area contributed by atoms with Gasteiger partial charge in [-0.25, -0.2) is 0 Å². The SMILES string of the molecule is CN(C)C(=O)CN(C)c1ccc2nnc(C(F)(F)F)n2n1. The second kappa shape index (κ2) is 5.19. The van der Waals surface area contributed by atoms with E-state index in [1.165, 1.54) is 21.9 Å². The molecule has 0 radical (unpaired) electrons. The van der Waals surface area contributed by atoms with Crippen molar-refractivity contribution in [1.29, 1.82) is 0 Å². The van der Waals surface area contributed by atoms with Gasteiger partial charge in [0.05, 0.1) is 6.54 Å². The number of likely N-dealkylation sites (N-methyl/N-ethyl adjacent to an activating group) is 2. The average molecular weight is 302 g/mol. The quantitative estimate of drug-likeness (QED) is 0.833. The second-order valence-electron chi connectivity index (χ2n) is 4.63. The van der Waals surface area contributed by atoms with Crippen molar-refractivity contribution in [3.63, 3.8) is 0 Å². The number of alkyl halides is 3. The molecule has 0 spiro atoms. The van der Waals surface area contributed by atoms with Crippen molar-refractivity contribution in [2.45, 2.75) is 6.18 Å². The second-order valence-corrected chi connectivity index (χ2v) is 4.63. The van der Waals surface area contributed by atoms with Crippen LogP contribution in [-0.4, -0.2) is 58.3 Å². The Morgan fingerprint density at radius 1 is 1.24 bits per heavy atom. The number of carbonyl (C=O) groups is 1. The molecule has 0 aromatic carbocycles. The summed E-state index contributed by atoms with van der Waals surface area (Å²) in [6, 6.07) is 2.84. The minimum atomic E-state index is -4.65. The Kier molecular flexibility index (Phi) is 3.71. The van der Waals surface area contributed by atoms with Gasteiger partial charge in [-0.3, -0.25) is 4.79 Å². The molecule has 0 aliphatic rings. The van der Waals surface area contributed by atoms with Gasteiger partial charge in [0.1, 0.15) is 5.82 Å². The zero-order valence-electron chi connectivity index (χ0n) is 11.6. The van der Waals surface area contributed by atoms with Gasteiger partial charge in [0, 0.05) is 21.1 Å². The van der Waals surface area contributed by atoms with Gasteiger partial charge < -0.3 is 9.80 Å². The number of nitrogens with zero attached hydrogens (tertiary/aromatic N) is 6. The van der Waals surface area contributed by atoms with Crippen LogP contribution in [0.2, 0.25) is 0 Å². The lowest BCUT2D eigenvalue weighted by Crippen LogP contribution is -2.35. The minimum Gasteiger partial charge on any atom is -0.349 e. The van der Waals surface area contributed by atoms with Crippen molar-refractivity contribution in [3.05, 3.63) is 18.0 Å². The molecule has 10 heteroatoms. The van der Waals surface area contributed by atoms with Crippen LogP contribution < -0.4 is 4.90 Å². The molecule has 0 saturated carbocycles. The fraction of sp³-hybridized carbons (Fsp3) is 0.455. The summed E-state index contributed by atoms with van der Waals surface area (Å²) < 4.78 is 38.9. The number of amides is 1. The first kappa shape index (κ1) is 15.0. The van der Waals surface area contributed by atoms with Crippen LogP contribution in [0.5, 0.6) is 0 Å². The van der Waals surface area contributed by atoms with E-state index in [1.54, 1.807) is 21.1 Å². The van der Waals surface area contributed by atoms with Gasteiger partial charge in [0.2, 0.25) is 5.91 Å². The van der Waals surface area contributed by atoms with E-state index in [0.29, 0.717) is 4.52 Å². The molecule has 0 saturated heterocycles. The topological polar surface area (TPSA) is 66.6 Å². The Balaban J connectivity index is 2.36. The summed E-state index contributed by atoms with van der Waals surface area (Å²) in [5.74, 6) is -1.19. The van der Waals surface area contributed by atoms with Gasteiger partial charge in [-0.05, 0) is 12.1 Å². The van der Waals surface area contributed by atoms with E-state index in [2.05, 4.69) is 15.3 Å². The summed E-state index contributed by atoms with van der Waals surface area (Å²) in [6.45, 7) is -0.00498. The van der Waals surface area contributed by atoms with E-state index in [9.17, 15) is 18.0 Å². The van der Waals surface area contributed by atoms with Gasteiger partial charge in [-0.1, -0.05) is 0 Å². The third kappa shape index (κ3) is 3.03. The molecular formula is C11H13F3N6O. The van der Waals surface area contributed by atoms with Crippen LogP contribution in [0.15, 0.2) is 12.1 Å². The standard InChI is InChI=1S/C11H13F3N6O/c1-18(2)9(21)6-19(3)8-5-4-7-15-16-10(11(12,13)14)20(7)17-8/h4-5H,6H2,1-3H3. The Morgan fingerprint density at radius 2 is 1.90 bits per heavy atom.